The Balaban J connectivity index is 2.50. The highest BCUT2D eigenvalue weighted by atomic mass is 16.1. The zero-order chi connectivity index (χ0) is 12.0. The van der Waals surface area contributed by atoms with Gasteiger partial charge in [0.25, 0.3) is 5.91 Å². The summed E-state index contributed by atoms with van der Waals surface area (Å²) >= 11 is 0. The van der Waals surface area contributed by atoms with Crippen molar-refractivity contribution >= 4 is 22.4 Å². The molecule has 0 heterocycles. The largest absolute Gasteiger partial charge is 0.398 e. The zero-order valence-electron chi connectivity index (χ0n) is 9.49. The van der Waals surface area contributed by atoms with Gasteiger partial charge in [-0.05, 0) is 35.8 Å². The van der Waals surface area contributed by atoms with Gasteiger partial charge in [-0.1, -0.05) is 24.3 Å². The Kier molecular flexibility index (Phi) is 2.08. The van der Waals surface area contributed by atoms with Crippen LogP contribution >= 0.6 is 0 Å². The summed E-state index contributed by atoms with van der Waals surface area (Å²) in [6, 6.07) is 7.96. The SMILES string of the molecule is NC(=O)c1c2c(c3ccccc3c1N)CCC2. The molecule has 0 bridgehead atoms. The van der Waals surface area contributed by atoms with Gasteiger partial charge < -0.3 is 11.5 Å². The molecular weight excluding hydrogens is 212 g/mol. The smallest absolute Gasteiger partial charge is 0.251 e. The van der Waals surface area contributed by atoms with Crippen LogP contribution in [0.1, 0.15) is 27.9 Å². The van der Waals surface area contributed by atoms with Gasteiger partial charge in [-0.25, -0.2) is 0 Å². The Morgan fingerprint density at radius 2 is 1.71 bits per heavy atom. The van der Waals surface area contributed by atoms with Gasteiger partial charge in [0, 0.05) is 5.39 Å². The molecule has 3 heteroatoms. The molecule has 0 aromatic heterocycles. The number of amides is 1. The van der Waals surface area contributed by atoms with Crippen LogP contribution in [0.4, 0.5) is 5.69 Å². The van der Waals surface area contributed by atoms with E-state index in [2.05, 4.69) is 6.07 Å². The summed E-state index contributed by atoms with van der Waals surface area (Å²) in [6.45, 7) is 0. The van der Waals surface area contributed by atoms with Crippen molar-refractivity contribution in [1.29, 1.82) is 0 Å². The first-order valence-electron chi connectivity index (χ1n) is 5.82. The van der Waals surface area contributed by atoms with Crippen molar-refractivity contribution in [3.05, 3.63) is 41.0 Å². The minimum Gasteiger partial charge on any atom is -0.398 e. The van der Waals surface area contributed by atoms with E-state index in [-0.39, 0.29) is 0 Å². The second kappa shape index (κ2) is 3.48. The molecule has 0 atom stereocenters. The molecule has 86 valence electrons. The first kappa shape index (κ1) is 10.1. The van der Waals surface area contributed by atoms with Crippen LogP contribution in [0.2, 0.25) is 0 Å². The first-order chi connectivity index (χ1) is 8.20. The number of nitrogen functional groups attached to an aromatic ring is 1. The van der Waals surface area contributed by atoms with Crippen molar-refractivity contribution in [3.63, 3.8) is 0 Å². The number of benzene rings is 2. The first-order valence-corrected chi connectivity index (χ1v) is 5.82. The summed E-state index contributed by atoms with van der Waals surface area (Å²) in [5, 5.41) is 2.12. The van der Waals surface area contributed by atoms with E-state index in [0.717, 1.165) is 30.2 Å². The fourth-order valence-corrected chi connectivity index (χ4v) is 2.88. The quantitative estimate of drug-likeness (QED) is 0.730. The predicted molar refractivity (Wildman–Crippen MR) is 68.9 cm³/mol. The molecule has 2 aromatic rings. The van der Waals surface area contributed by atoms with Crippen LogP contribution in [0.15, 0.2) is 24.3 Å². The van der Waals surface area contributed by atoms with Crippen molar-refractivity contribution < 1.29 is 4.79 Å². The fourth-order valence-electron chi connectivity index (χ4n) is 2.88. The monoisotopic (exact) mass is 226 g/mol. The van der Waals surface area contributed by atoms with Crippen molar-refractivity contribution in [3.8, 4) is 0 Å². The van der Waals surface area contributed by atoms with E-state index >= 15 is 0 Å². The number of anilines is 1. The molecule has 17 heavy (non-hydrogen) atoms. The average molecular weight is 226 g/mol. The summed E-state index contributed by atoms with van der Waals surface area (Å²) in [7, 11) is 0. The molecule has 0 saturated carbocycles. The Labute approximate surface area is 99.4 Å². The van der Waals surface area contributed by atoms with Gasteiger partial charge in [-0.3, -0.25) is 4.79 Å². The third-order valence-electron chi connectivity index (χ3n) is 3.58. The maximum atomic E-state index is 11.6. The number of aryl methyl sites for hydroxylation is 1. The van der Waals surface area contributed by atoms with Crippen LogP contribution < -0.4 is 11.5 Å². The number of hydrogen-bond donors (Lipinski definition) is 2. The van der Waals surface area contributed by atoms with Gasteiger partial charge in [-0.2, -0.15) is 0 Å². The number of primary amides is 1. The number of fused-ring (bicyclic) bond motifs is 3. The van der Waals surface area contributed by atoms with E-state index in [0.29, 0.717) is 11.3 Å². The van der Waals surface area contributed by atoms with E-state index in [9.17, 15) is 4.79 Å². The molecule has 0 saturated heterocycles. The van der Waals surface area contributed by atoms with E-state index in [1.165, 1.54) is 10.9 Å². The molecule has 3 nitrogen and oxygen atoms in total. The minimum atomic E-state index is -0.411. The minimum absolute atomic E-state index is 0.411. The van der Waals surface area contributed by atoms with Crippen LogP contribution in [-0.2, 0) is 12.8 Å². The lowest BCUT2D eigenvalue weighted by Crippen LogP contribution is -2.16. The standard InChI is InChI=1S/C14H14N2O/c15-13-11-5-2-1-4-9(11)8-6-3-7-10(8)12(13)14(16)17/h1-2,4-5H,3,6-7,15H2,(H2,16,17). The number of hydrogen-bond acceptors (Lipinski definition) is 2. The molecule has 0 radical (unpaired) electrons. The Morgan fingerprint density at radius 3 is 2.41 bits per heavy atom. The lowest BCUT2D eigenvalue weighted by Gasteiger charge is -2.13. The van der Waals surface area contributed by atoms with Crippen LogP contribution in [-0.4, -0.2) is 5.91 Å². The normalized spacial score (nSPS) is 13.9. The molecule has 2 aromatic carbocycles. The number of carbonyl (C=O) groups excluding carboxylic acids is 1. The van der Waals surface area contributed by atoms with Gasteiger partial charge in [0.15, 0.2) is 0 Å². The predicted octanol–water partition coefficient (Wildman–Crippen LogP) is 2.01. The van der Waals surface area contributed by atoms with E-state index in [1.54, 1.807) is 0 Å². The second-order valence-electron chi connectivity index (χ2n) is 4.51. The molecular formula is C14H14N2O. The van der Waals surface area contributed by atoms with Gasteiger partial charge in [0.05, 0.1) is 11.3 Å². The summed E-state index contributed by atoms with van der Waals surface area (Å²) in [4.78, 5) is 11.6. The van der Waals surface area contributed by atoms with Gasteiger partial charge in [0.2, 0.25) is 0 Å². The Morgan fingerprint density at radius 1 is 1.06 bits per heavy atom. The molecule has 1 aliphatic rings. The van der Waals surface area contributed by atoms with E-state index < -0.39 is 5.91 Å². The van der Waals surface area contributed by atoms with Crippen molar-refractivity contribution in [2.45, 2.75) is 19.3 Å². The van der Waals surface area contributed by atoms with Gasteiger partial charge >= 0.3 is 0 Å². The topological polar surface area (TPSA) is 69.1 Å². The van der Waals surface area contributed by atoms with Gasteiger partial charge in [0.1, 0.15) is 0 Å². The van der Waals surface area contributed by atoms with Crippen molar-refractivity contribution in [2.24, 2.45) is 5.73 Å². The maximum Gasteiger partial charge on any atom is 0.251 e. The van der Waals surface area contributed by atoms with Crippen molar-refractivity contribution in [1.82, 2.24) is 0 Å². The lowest BCUT2D eigenvalue weighted by atomic mass is 9.93. The summed E-state index contributed by atoms with van der Waals surface area (Å²) in [5.74, 6) is -0.411. The van der Waals surface area contributed by atoms with Crippen LogP contribution in [0.5, 0.6) is 0 Å². The number of rotatable bonds is 1. The van der Waals surface area contributed by atoms with E-state index in [1.807, 2.05) is 18.2 Å². The summed E-state index contributed by atoms with van der Waals surface area (Å²) in [5.41, 5.74) is 14.9. The second-order valence-corrected chi connectivity index (χ2v) is 4.51. The molecule has 1 amide bonds. The molecule has 0 fully saturated rings. The molecule has 0 unspecified atom stereocenters. The lowest BCUT2D eigenvalue weighted by molar-refractivity contribution is 0.100. The average Bonchev–Trinajstić information content (AvgIpc) is 2.78. The maximum absolute atomic E-state index is 11.6. The summed E-state index contributed by atoms with van der Waals surface area (Å²) < 4.78 is 0. The fraction of sp³-hybridized carbons (Fsp3) is 0.214. The number of nitrogens with two attached hydrogens (primary N) is 2. The van der Waals surface area contributed by atoms with Crippen LogP contribution in [0.3, 0.4) is 0 Å². The van der Waals surface area contributed by atoms with Crippen LogP contribution in [0, 0.1) is 0 Å². The Bertz CT molecular complexity index is 632. The molecule has 3 rings (SSSR count). The molecule has 4 N–H and O–H groups in total. The highest BCUT2D eigenvalue weighted by Crippen LogP contribution is 2.37. The molecule has 1 aliphatic carbocycles. The molecule has 0 aliphatic heterocycles. The highest BCUT2D eigenvalue weighted by Gasteiger charge is 2.23. The third kappa shape index (κ3) is 1.32. The van der Waals surface area contributed by atoms with Crippen LogP contribution in [0.25, 0.3) is 10.8 Å². The highest BCUT2D eigenvalue weighted by molar-refractivity contribution is 6.10. The summed E-state index contributed by atoms with van der Waals surface area (Å²) in [6.07, 6.45) is 2.99. The van der Waals surface area contributed by atoms with Gasteiger partial charge in [-0.15, -0.1) is 0 Å². The zero-order valence-corrected chi connectivity index (χ0v) is 9.49. The van der Waals surface area contributed by atoms with E-state index in [4.69, 9.17) is 11.5 Å². The number of carbonyl (C=O) groups is 1. The Hall–Kier alpha value is -2.03. The molecule has 0 spiro atoms. The third-order valence-corrected chi connectivity index (χ3v) is 3.58. The van der Waals surface area contributed by atoms with Crippen molar-refractivity contribution in [2.75, 3.05) is 5.73 Å².